The van der Waals surface area contributed by atoms with Gasteiger partial charge in [0.1, 0.15) is 5.58 Å². The second-order valence-electron chi connectivity index (χ2n) is 25.1. The number of hydrogen-bond acceptors (Lipinski definition) is 4. The summed E-state index contributed by atoms with van der Waals surface area (Å²) in [6.45, 7) is 30.8. The van der Waals surface area contributed by atoms with Gasteiger partial charge in [-0.25, -0.2) is 0 Å². The summed E-state index contributed by atoms with van der Waals surface area (Å²) in [5, 5.41) is 12.3. The predicted octanol–water partition coefficient (Wildman–Crippen LogP) is 14.7. The lowest BCUT2D eigenvalue weighted by Crippen LogP contribution is -2.62. The van der Waals surface area contributed by atoms with E-state index in [9.17, 15) is 5.26 Å². The zero-order chi connectivity index (χ0) is 47.1. The highest BCUT2D eigenvalue weighted by Gasteiger charge is 2.55. The number of furan rings is 1. The van der Waals surface area contributed by atoms with Crippen molar-refractivity contribution in [1.82, 2.24) is 0 Å². The number of rotatable bonds is 2. The Morgan fingerprint density at radius 1 is 0.567 bits per heavy atom. The van der Waals surface area contributed by atoms with Crippen molar-refractivity contribution >= 4 is 68.4 Å². The molecule has 336 valence electrons. The minimum absolute atomic E-state index is 0.00719. The monoisotopic (exact) mass is 878 g/mol. The quantitative estimate of drug-likeness (QED) is 0.162. The van der Waals surface area contributed by atoms with Crippen molar-refractivity contribution in [3.63, 3.8) is 0 Å². The van der Waals surface area contributed by atoms with E-state index in [0.717, 1.165) is 69.8 Å². The molecule has 5 heteroatoms. The molecule has 6 aromatic carbocycles. The van der Waals surface area contributed by atoms with Gasteiger partial charge in [0.05, 0.1) is 34.4 Å². The van der Waals surface area contributed by atoms with E-state index in [0.29, 0.717) is 5.56 Å². The first-order chi connectivity index (χ1) is 31.5. The molecule has 0 amide bonds. The Kier molecular flexibility index (Phi) is 8.46. The summed E-state index contributed by atoms with van der Waals surface area (Å²) in [6.07, 6.45) is 4.49. The third-order valence-electron chi connectivity index (χ3n) is 17.3. The van der Waals surface area contributed by atoms with Crippen LogP contribution in [0.4, 0.5) is 34.1 Å². The summed E-state index contributed by atoms with van der Waals surface area (Å²) >= 11 is 0. The number of nitriles is 1. The summed E-state index contributed by atoms with van der Waals surface area (Å²) in [4.78, 5) is 5.11. The Morgan fingerprint density at radius 2 is 1.16 bits per heavy atom. The molecule has 0 bridgehead atoms. The van der Waals surface area contributed by atoms with Gasteiger partial charge in [-0.2, -0.15) is 5.26 Å². The second-order valence-corrected chi connectivity index (χ2v) is 25.1. The van der Waals surface area contributed by atoms with E-state index in [-0.39, 0.29) is 39.2 Å². The van der Waals surface area contributed by atoms with Crippen molar-refractivity contribution in [3.05, 3.63) is 148 Å². The smallest absolute Gasteiger partial charge is 0.297 e. The molecule has 4 heterocycles. The molecular weight excluding hydrogens is 814 g/mol. The molecule has 5 aliphatic rings. The molecule has 1 atom stereocenters. The lowest BCUT2D eigenvalue weighted by atomic mass is 9.34. The maximum Gasteiger partial charge on any atom is 0.297 e. The molecule has 0 saturated carbocycles. The molecule has 3 aliphatic heterocycles. The van der Waals surface area contributed by atoms with Crippen LogP contribution in [0.2, 0.25) is 0 Å². The Hall–Kier alpha value is -5.99. The highest BCUT2D eigenvalue weighted by Crippen LogP contribution is 2.63. The zero-order valence-electron chi connectivity index (χ0n) is 42.0. The van der Waals surface area contributed by atoms with Gasteiger partial charge in [-0.1, -0.05) is 151 Å². The highest BCUT2D eigenvalue weighted by atomic mass is 16.3. The number of anilines is 6. The summed E-state index contributed by atoms with van der Waals surface area (Å²) < 4.78 is 7.46. The van der Waals surface area contributed by atoms with Gasteiger partial charge in [-0.05, 0) is 151 Å². The van der Waals surface area contributed by atoms with Gasteiger partial charge in [0.25, 0.3) is 6.71 Å². The fourth-order valence-corrected chi connectivity index (χ4v) is 13.1. The van der Waals surface area contributed by atoms with Crippen molar-refractivity contribution in [2.75, 3.05) is 9.80 Å². The lowest BCUT2D eigenvalue weighted by molar-refractivity contribution is 0.327. The first-order valence-corrected chi connectivity index (χ1v) is 24.9. The molecule has 67 heavy (non-hydrogen) atoms. The van der Waals surface area contributed by atoms with E-state index in [4.69, 9.17) is 4.42 Å². The number of nitrogens with zero attached hydrogens (tertiary/aromatic N) is 3. The topological polar surface area (TPSA) is 43.4 Å². The Morgan fingerprint density at radius 3 is 1.82 bits per heavy atom. The third-order valence-corrected chi connectivity index (χ3v) is 17.3. The van der Waals surface area contributed by atoms with E-state index in [2.05, 4.69) is 209 Å². The number of fused-ring (bicyclic) bond motifs is 10. The van der Waals surface area contributed by atoms with Crippen LogP contribution in [0.15, 0.2) is 108 Å². The van der Waals surface area contributed by atoms with E-state index < -0.39 is 0 Å². The van der Waals surface area contributed by atoms with Gasteiger partial charge < -0.3 is 14.2 Å². The maximum absolute atomic E-state index is 11.3. The maximum atomic E-state index is 11.3. The van der Waals surface area contributed by atoms with Crippen LogP contribution in [0, 0.1) is 11.3 Å². The Bertz CT molecular complexity index is 3350. The fraction of sp³-hybridized carbons (Fsp3) is 0.371. The van der Waals surface area contributed by atoms with Crippen molar-refractivity contribution in [1.29, 1.82) is 5.26 Å². The predicted molar refractivity (Wildman–Crippen MR) is 282 cm³/mol. The molecule has 0 radical (unpaired) electrons. The van der Waals surface area contributed by atoms with Crippen molar-refractivity contribution in [2.45, 2.75) is 148 Å². The van der Waals surface area contributed by atoms with Crippen LogP contribution < -0.4 is 26.4 Å². The van der Waals surface area contributed by atoms with Crippen LogP contribution in [0.3, 0.4) is 0 Å². The van der Waals surface area contributed by atoms with Crippen molar-refractivity contribution in [3.8, 4) is 17.2 Å². The molecule has 1 unspecified atom stereocenters. The van der Waals surface area contributed by atoms with E-state index in [1.165, 1.54) is 67.7 Å². The Labute approximate surface area is 399 Å². The van der Waals surface area contributed by atoms with E-state index in [1.807, 2.05) is 0 Å². The number of benzene rings is 6. The molecule has 0 saturated heterocycles. The van der Waals surface area contributed by atoms with Gasteiger partial charge in [-0.3, -0.25) is 0 Å². The summed E-state index contributed by atoms with van der Waals surface area (Å²) in [5.74, 6) is 0. The highest BCUT2D eigenvalue weighted by molar-refractivity contribution is 7.00. The van der Waals surface area contributed by atoms with Gasteiger partial charge in [0.2, 0.25) is 0 Å². The van der Waals surface area contributed by atoms with Crippen LogP contribution in [0.1, 0.15) is 160 Å². The molecule has 1 aromatic heterocycles. The van der Waals surface area contributed by atoms with Crippen molar-refractivity contribution < 1.29 is 4.42 Å². The normalized spacial score (nSPS) is 20.1. The molecule has 7 aromatic rings. The second kappa shape index (κ2) is 13.4. The third kappa shape index (κ3) is 5.78. The molecule has 0 spiro atoms. The standard InChI is InChI=1S/C62H64BN3O/c1-57(2,3)38-19-23-47(40(31-38)37-17-15-14-16-18-37)65-49-29-36(35-64)30-50-53(49)63(56-54(65)41-32-39(58(4,5)6)20-24-51(41)67-56)46-22-21-42-52-55(46)66(50)48-34-44-43(60(9,10)25-26-61(44,11)12)33-45(48)62(52,13)28-27-59(42,7)8/h14-24,29-34H,25-28H2,1-13H3. The molecule has 12 rings (SSSR count). The van der Waals surface area contributed by atoms with Gasteiger partial charge in [0, 0.05) is 33.4 Å². The van der Waals surface area contributed by atoms with Gasteiger partial charge >= 0.3 is 0 Å². The first kappa shape index (κ1) is 42.4. The van der Waals surface area contributed by atoms with Crippen LogP contribution in [0.25, 0.3) is 22.1 Å². The van der Waals surface area contributed by atoms with Crippen LogP contribution in [-0.4, -0.2) is 6.71 Å². The first-order valence-electron chi connectivity index (χ1n) is 24.9. The Balaban J connectivity index is 1.25. The molecule has 2 aliphatic carbocycles. The zero-order valence-corrected chi connectivity index (χ0v) is 42.0. The average Bonchev–Trinajstić information content (AvgIpc) is 3.66. The lowest BCUT2D eigenvalue weighted by Gasteiger charge is -2.55. The van der Waals surface area contributed by atoms with Crippen LogP contribution in [0.5, 0.6) is 0 Å². The van der Waals surface area contributed by atoms with Gasteiger partial charge in [0.15, 0.2) is 0 Å². The van der Waals surface area contributed by atoms with Crippen LogP contribution >= 0.6 is 0 Å². The minimum Gasteiger partial charge on any atom is -0.468 e. The molecule has 0 N–H and O–H groups in total. The minimum atomic E-state index is -0.208. The molecular formula is C62H64BN3O. The summed E-state index contributed by atoms with van der Waals surface area (Å²) in [6, 6.07) is 42.0. The van der Waals surface area contributed by atoms with Gasteiger partial charge in [-0.15, -0.1) is 0 Å². The largest absolute Gasteiger partial charge is 0.468 e. The molecule has 4 nitrogen and oxygen atoms in total. The summed E-state index contributed by atoms with van der Waals surface area (Å²) in [7, 11) is 0. The molecule has 0 fully saturated rings. The van der Waals surface area contributed by atoms with Crippen molar-refractivity contribution in [2.24, 2.45) is 0 Å². The summed E-state index contributed by atoms with van der Waals surface area (Å²) in [5.41, 5.74) is 23.6. The number of hydrogen-bond donors (Lipinski definition) is 0. The average molecular weight is 878 g/mol. The SMILES string of the molecule is CC(C)(C)c1ccc(N2c3cc(C#N)cc4c3B(c3ccc5c6c3N4c3cc4c(cc3C6(C)CCC5(C)C)C(C)(C)CCC4(C)C)c3oc4ccc(C(C)(C)C)cc4c32)c(-c2ccccc2)c1. The fourth-order valence-electron chi connectivity index (χ4n) is 13.1. The van der Waals surface area contributed by atoms with E-state index in [1.54, 1.807) is 0 Å². The van der Waals surface area contributed by atoms with E-state index >= 15 is 0 Å². The van der Waals surface area contributed by atoms with Crippen LogP contribution in [-0.2, 0) is 32.5 Å².